The Morgan fingerprint density at radius 1 is 0.902 bits per heavy atom. The van der Waals surface area contributed by atoms with Gasteiger partial charge in [0.05, 0.1) is 54.7 Å². The summed E-state index contributed by atoms with van der Waals surface area (Å²) in [6.07, 6.45) is 1.45. The highest BCUT2D eigenvalue weighted by molar-refractivity contribution is 9.10. The monoisotopic (exact) mass is 637 g/mol. The molecule has 0 aromatic heterocycles. The Hall–Kier alpha value is -4.35. The molecule has 4 aromatic carbocycles. The van der Waals surface area contributed by atoms with E-state index in [0.29, 0.717) is 27.3 Å². The molecule has 0 spiro atoms. The van der Waals surface area contributed by atoms with E-state index in [1.54, 1.807) is 48.5 Å². The van der Waals surface area contributed by atoms with Gasteiger partial charge in [-0.1, -0.05) is 42.5 Å². The van der Waals surface area contributed by atoms with Crippen molar-refractivity contribution in [3.05, 3.63) is 112 Å². The average molecular weight is 639 g/mol. The van der Waals surface area contributed by atoms with Gasteiger partial charge in [-0.15, -0.1) is 0 Å². The number of carbonyl (C=O) groups excluding carboxylic acids is 1. The lowest BCUT2D eigenvalue weighted by Crippen LogP contribution is -2.33. The number of nitrogens with one attached hydrogen (secondary N) is 1. The second kappa shape index (κ2) is 13.3. The molecule has 0 atom stereocenters. The van der Waals surface area contributed by atoms with Crippen molar-refractivity contribution < 1.29 is 27.4 Å². The molecule has 4 rings (SSSR count). The average Bonchev–Trinajstić information content (AvgIpc) is 3.00. The lowest BCUT2D eigenvalue weighted by molar-refractivity contribution is 0.0955. The maximum Gasteiger partial charge on any atom is 0.273 e. The van der Waals surface area contributed by atoms with Gasteiger partial charge in [-0.2, -0.15) is 5.10 Å². The van der Waals surface area contributed by atoms with Crippen LogP contribution in [0.2, 0.25) is 0 Å². The fraction of sp³-hybridized carbons (Fsp3) is 0.133. The number of benzene rings is 4. The van der Waals surface area contributed by atoms with Crippen molar-refractivity contribution in [3.8, 4) is 17.2 Å². The first-order valence-electron chi connectivity index (χ1n) is 12.3. The van der Waals surface area contributed by atoms with Gasteiger partial charge in [0, 0.05) is 0 Å². The van der Waals surface area contributed by atoms with Crippen LogP contribution in [0.5, 0.6) is 17.2 Å². The molecule has 41 heavy (non-hydrogen) atoms. The zero-order valence-electron chi connectivity index (χ0n) is 22.6. The van der Waals surface area contributed by atoms with Crippen LogP contribution in [0, 0.1) is 0 Å². The fourth-order valence-electron chi connectivity index (χ4n) is 4.05. The highest BCUT2D eigenvalue weighted by atomic mass is 79.9. The summed E-state index contributed by atoms with van der Waals surface area (Å²) in [7, 11) is 0.470. The molecule has 11 heteroatoms. The number of carbonyl (C=O) groups is 1. The van der Waals surface area contributed by atoms with Gasteiger partial charge in [-0.25, -0.2) is 13.8 Å². The second-order valence-electron chi connectivity index (χ2n) is 8.63. The number of anilines is 1. The summed E-state index contributed by atoms with van der Waals surface area (Å²) in [5, 5.41) is 4.09. The number of nitrogens with zero attached hydrogens (tertiary/aromatic N) is 2. The van der Waals surface area contributed by atoms with Gasteiger partial charge in [-0.05, 0) is 75.6 Å². The molecule has 1 amide bonds. The van der Waals surface area contributed by atoms with Gasteiger partial charge >= 0.3 is 0 Å². The molecule has 9 nitrogen and oxygen atoms in total. The highest BCUT2D eigenvalue weighted by Gasteiger charge is 2.28. The summed E-state index contributed by atoms with van der Waals surface area (Å²) >= 11 is 3.43. The van der Waals surface area contributed by atoms with Gasteiger partial charge in [0.1, 0.15) is 5.75 Å². The van der Waals surface area contributed by atoms with Crippen LogP contribution >= 0.6 is 15.9 Å². The molecule has 0 saturated heterocycles. The molecule has 212 valence electrons. The second-order valence-corrected chi connectivity index (χ2v) is 11.3. The number of hydrogen-bond acceptors (Lipinski definition) is 7. The van der Waals surface area contributed by atoms with Crippen molar-refractivity contribution in [2.75, 3.05) is 25.6 Å². The zero-order valence-corrected chi connectivity index (χ0v) is 25.0. The molecule has 0 aliphatic heterocycles. The van der Waals surface area contributed by atoms with Crippen LogP contribution in [0.3, 0.4) is 0 Å². The van der Waals surface area contributed by atoms with E-state index in [-0.39, 0.29) is 22.7 Å². The van der Waals surface area contributed by atoms with Crippen molar-refractivity contribution in [3.63, 3.8) is 0 Å². The molecule has 0 heterocycles. The maximum absolute atomic E-state index is 14.0. The summed E-state index contributed by atoms with van der Waals surface area (Å²) < 4.78 is 45.6. The number of sulfonamides is 1. The molecule has 0 saturated carbocycles. The van der Waals surface area contributed by atoms with Crippen LogP contribution < -0.4 is 23.9 Å². The molecule has 0 bridgehead atoms. The van der Waals surface area contributed by atoms with Gasteiger partial charge in [0.25, 0.3) is 15.9 Å². The maximum atomic E-state index is 14.0. The first-order valence-corrected chi connectivity index (χ1v) is 14.6. The van der Waals surface area contributed by atoms with Crippen LogP contribution in [0.4, 0.5) is 5.69 Å². The first-order chi connectivity index (χ1) is 19.8. The summed E-state index contributed by atoms with van der Waals surface area (Å²) in [5.41, 5.74) is 4.22. The van der Waals surface area contributed by atoms with Crippen molar-refractivity contribution in [2.24, 2.45) is 5.10 Å². The minimum absolute atomic E-state index is 0.00241. The van der Waals surface area contributed by atoms with Crippen molar-refractivity contribution in [1.29, 1.82) is 0 Å². The number of hydrazone groups is 1. The molecule has 0 radical (unpaired) electrons. The number of rotatable bonds is 11. The number of hydrogen-bond donors (Lipinski definition) is 1. The Kier molecular flexibility index (Phi) is 9.64. The van der Waals surface area contributed by atoms with Gasteiger partial charge in [0.2, 0.25) is 0 Å². The van der Waals surface area contributed by atoms with Crippen molar-refractivity contribution in [1.82, 2.24) is 5.43 Å². The smallest absolute Gasteiger partial charge is 0.273 e. The largest absolute Gasteiger partial charge is 0.497 e. The molecule has 0 unspecified atom stereocenters. The Bertz CT molecular complexity index is 1650. The summed E-state index contributed by atoms with van der Waals surface area (Å²) in [6.45, 7) is 0.00241. The van der Waals surface area contributed by atoms with Gasteiger partial charge < -0.3 is 14.2 Å². The lowest BCUT2D eigenvalue weighted by Gasteiger charge is -2.26. The number of para-hydroxylation sites is 1. The third-order valence-electron chi connectivity index (χ3n) is 6.07. The summed E-state index contributed by atoms with van der Waals surface area (Å²) in [6, 6.07) is 25.2. The molecule has 4 aromatic rings. The molecular weight excluding hydrogens is 610 g/mol. The highest BCUT2D eigenvalue weighted by Crippen LogP contribution is 2.36. The van der Waals surface area contributed by atoms with E-state index in [2.05, 4.69) is 26.5 Å². The number of amides is 1. The number of halogens is 1. The van der Waals surface area contributed by atoms with Crippen LogP contribution in [-0.4, -0.2) is 41.9 Å². The number of ether oxygens (including phenoxy) is 3. The molecule has 0 fully saturated rings. The molecular formula is C30H28BrN3O6S. The quantitative estimate of drug-likeness (QED) is 0.169. The predicted octanol–water partition coefficient (Wildman–Crippen LogP) is 5.63. The van der Waals surface area contributed by atoms with Crippen LogP contribution in [0.25, 0.3) is 0 Å². The minimum atomic E-state index is -4.09. The van der Waals surface area contributed by atoms with Crippen molar-refractivity contribution >= 4 is 43.8 Å². The minimum Gasteiger partial charge on any atom is -0.497 e. The summed E-state index contributed by atoms with van der Waals surface area (Å²) in [4.78, 5) is 13.4. The standard InChI is InChI=1S/C30H28BrN3O6S/c1-38-23-13-15-24(16-14-23)41(36,37)34(20-21-9-5-4-6-10-21)27-12-8-7-11-25(27)30(35)33-32-19-22-17-26(31)29(40-3)28(18-22)39-2/h4-19H,20H2,1-3H3,(H,33,35)/b32-19-. The fourth-order valence-corrected chi connectivity index (χ4v) is 6.14. The Morgan fingerprint density at radius 2 is 1.59 bits per heavy atom. The van der Waals surface area contributed by atoms with Crippen LogP contribution in [0.15, 0.2) is 105 Å². The van der Waals surface area contributed by atoms with Crippen LogP contribution in [0.1, 0.15) is 21.5 Å². The Balaban J connectivity index is 1.68. The predicted molar refractivity (Wildman–Crippen MR) is 162 cm³/mol. The van der Waals surface area contributed by atoms with E-state index in [1.807, 2.05) is 30.3 Å². The van der Waals surface area contributed by atoms with Gasteiger partial charge in [-0.3, -0.25) is 9.10 Å². The third kappa shape index (κ3) is 6.87. The van der Waals surface area contributed by atoms with Crippen molar-refractivity contribution in [2.45, 2.75) is 11.4 Å². The van der Waals surface area contributed by atoms with E-state index in [1.165, 1.54) is 44.0 Å². The molecule has 1 N–H and O–H groups in total. The van der Waals surface area contributed by atoms with Crippen LogP contribution in [-0.2, 0) is 16.6 Å². The zero-order chi connectivity index (χ0) is 29.4. The van der Waals surface area contributed by atoms with E-state index < -0.39 is 15.9 Å². The van der Waals surface area contributed by atoms with E-state index in [9.17, 15) is 13.2 Å². The first kappa shape index (κ1) is 29.6. The molecule has 0 aliphatic rings. The number of methoxy groups -OCH3 is 3. The SMILES string of the molecule is COc1ccc(S(=O)(=O)N(Cc2ccccc2)c2ccccc2C(=O)N/N=C\c2cc(Br)c(OC)c(OC)c2)cc1. The third-order valence-corrected chi connectivity index (χ3v) is 8.43. The van der Waals surface area contributed by atoms with E-state index in [4.69, 9.17) is 14.2 Å². The van der Waals surface area contributed by atoms with E-state index >= 15 is 0 Å². The molecule has 0 aliphatic carbocycles. The normalized spacial score (nSPS) is 11.2. The van der Waals surface area contributed by atoms with E-state index in [0.717, 1.165) is 5.56 Å². The Labute approximate surface area is 247 Å². The van der Waals surface area contributed by atoms with Gasteiger partial charge in [0.15, 0.2) is 11.5 Å². The lowest BCUT2D eigenvalue weighted by atomic mass is 10.1. The topological polar surface area (TPSA) is 107 Å². The Morgan fingerprint density at radius 3 is 2.24 bits per heavy atom. The summed E-state index contributed by atoms with van der Waals surface area (Å²) in [5.74, 6) is 0.955.